The van der Waals surface area contributed by atoms with E-state index < -0.39 is 32.5 Å². The third-order valence-electron chi connectivity index (χ3n) is 5.79. The number of aryl methyl sites for hydroxylation is 1. The van der Waals surface area contributed by atoms with Gasteiger partial charge >= 0.3 is 0 Å². The van der Waals surface area contributed by atoms with E-state index in [0.29, 0.717) is 28.4 Å². The molecule has 0 aromatic heterocycles. The molecule has 0 fully saturated rings. The van der Waals surface area contributed by atoms with Crippen LogP contribution in [-0.4, -0.2) is 36.4 Å². The number of para-hydroxylation sites is 1. The van der Waals surface area contributed by atoms with Crippen LogP contribution in [0.3, 0.4) is 0 Å². The van der Waals surface area contributed by atoms with Crippen molar-refractivity contribution < 1.29 is 26.4 Å². The van der Waals surface area contributed by atoms with Crippen molar-refractivity contribution >= 4 is 43.0 Å². The lowest BCUT2D eigenvalue weighted by atomic mass is 10.2. The molecule has 0 saturated heterocycles. The first-order chi connectivity index (χ1) is 18.6. The first-order valence-electron chi connectivity index (χ1n) is 11.8. The summed E-state index contributed by atoms with van der Waals surface area (Å²) >= 11 is 0. The van der Waals surface area contributed by atoms with Gasteiger partial charge in [-0.1, -0.05) is 36.4 Å². The number of hydrogen-bond donors (Lipinski definition) is 2. The van der Waals surface area contributed by atoms with Crippen molar-refractivity contribution in [1.29, 1.82) is 0 Å². The molecule has 0 radical (unpaired) electrons. The quantitative estimate of drug-likeness (QED) is 0.289. The fourth-order valence-corrected chi connectivity index (χ4v) is 6.35. The van der Waals surface area contributed by atoms with Crippen LogP contribution in [0.15, 0.2) is 113 Å². The lowest BCUT2D eigenvalue weighted by molar-refractivity contribution is -0.114. The number of nitrogens with zero attached hydrogens (tertiary/aromatic N) is 1. The number of benzene rings is 4. The molecule has 0 atom stereocenters. The summed E-state index contributed by atoms with van der Waals surface area (Å²) in [5.41, 5.74) is 1.74. The minimum atomic E-state index is -4.05. The molecule has 4 rings (SSSR count). The van der Waals surface area contributed by atoms with Crippen molar-refractivity contribution in [3.05, 3.63) is 109 Å². The summed E-state index contributed by atoms with van der Waals surface area (Å²) in [6, 6.07) is 26.8. The van der Waals surface area contributed by atoms with Gasteiger partial charge in [0.05, 0.1) is 22.6 Å². The second-order valence-corrected chi connectivity index (χ2v) is 12.1. The van der Waals surface area contributed by atoms with E-state index in [1.54, 1.807) is 73.7 Å². The van der Waals surface area contributed by atoms with Crippen LogP contribution < -0.4 is 19.1 Å². The van der Waals surface area contributed by atoms with Gasteiger partial charge in [-0.05, 0) is 79.2 Å². The van der Waals surface area contributed by atoms with Crippen LogP contribution in [0.1, 0.15) is 5.56 Å². The maximum atomic E-state index is 13.5. The normalized spacial score (nSPS) is 11.4. The molecule has 0 saturated carbocycles. The van der Waals surface area contributed by atoms with Gasteiger partial charge in [0.1, 0.15) is 12.3 Å². The first-order valence-corrected chi connectivity index (χ1v) is 14.7. The van der Waals surface area contributed by atoms with Gasteiger partial charge in [-0.25, -0.2) is 16.8 Å². The van der Waals surface area contributed by atoms with Crippen LogP contribution in [0, 0.1) is 6.92 Å². The first kappa shape index (κ1) is 27.7. The highest BCUT2D eigenvalue weighted by Gasteiger charge is 2.28. The van der Waals surface area contributed by atoms with Crippen molar-refractivity contribution in [2.75, 3.05) is 28.0 Å². The van der Waals surface area contributed by atoms with E-state index in [-0.39, 0.29) is 9.79 Å². The monoisotopic (exact) mass is 565 g/mol. The van der Waals surface area contributed by atoms with Crippen molar-refractivity contribution in [3.8, 4) is 5.75 Å². The summed E-state index contributed by atoms with van der Waals surface area (Å²) in [7, 11) is -6.41. The van der Waals surface area contributed by atoms with Gasteiger partial charge in [-0.15, -0.1) is 0 Å². The Bertz CT molecular complexity index is 1660. The Morgan fingerprint density at radius 3 is 1.95 bits per heavy atom. The zero-order valence-electron chi connectivity index (χ0n) is 21.2. The number of amides is 1. The van der Waals surface area contributed by atoms with Gasteiger partial charge in [0.2, 0.25) is 5.91 Å². The minimum absolute atomic E-state index is 0.00971. The maximum Gasteiger partial charge on any atom is 0.264 e. The molecule has 0 bridgehead atoms. The molecule has 0 heterocycles. The zero-order chi connectivity index (χ0) is 28.0. The van der Waals surface area contributed by atoms with Gasteiger partial charge in [-0.2, -0.15) is 0 Å². The Balaban J connectivity index is 1.51. The lowest BCUT2D eigenvalue weighted by Gasteiger charge is -2.25. The molecular weight excluding hydrogens is 538 g/mol. The topological polar surface area (TPSA) is 122 Å². The number of carbonyl (C=O) groups excluding carboxylic acids is 1. The third kappa shape index (κ3) is 6.57. The second-order valence-electron chi connectivity index (χ2n) is 8.52. The highest BCUT2D eigenvalue weighted by atomic mass is 32.2. The summed E-state index contributed by atoms with van der Waals surface area (Å²) in [5, 5.41) is 2.65. The zero-order valence-corrected chi connectivity index (χ0v) is 22.9. The Hall–Kier alpha value is -4.35. The molecule has 0 aliphatic rings. The number of anilines is 3. The standard InChI is InChI=1S/C28H27N3O6S2/c1-21-8-6-7-11-27(21)31(39(35,36)26-9-4-3-5-10-26)20-28(32)29-22-14-18-25(19-15-22)38(33,34)30-23-12-16-24(37-2)17-13-23/h3-19,30H,20H2,1-2H3,(H,29,32). The smallest absolute Gasteiger partial charge is 0.264 e. The lowest BCUT2D eigenvalue weighted by Crippen LogP contribution is -2.38. The van der Waals surface area contributed by atoms with Crippen molar-refractivity contribution in [2.45, 2.75) is 16.7 Å². The van der Waals surface area contributed by atoms with Gasteiger partial charge in [0.15, 0.2) is 0 Å². The Labute approximate surface area is 228 Å². The predicted molar refractivity (Wildman–Crippen MR) is 151 cm³/mol. The number of nitrogens with one attached hydrogen (secondary N) is 2. The molecule has 4 aromatic rings. The number of hydrogen-bond acceptors (Lipinski definition) is 6. The van der Waals surface area contributed by atoms with E-state index >= 15 is 0 Å². The molecule has 0 unspecified atom stereocenters. The third-order valence-corrected chi connectivity index (χ3v) is 8.96. The summed E-state index contributed by atoms with van der Waals surface area (Å²) in [5.74, 6) is 0.000301. The minimum Gasteiger partial charge on any atom is -0.497 e. The number of ether oxygens (including phenoxy) is 1. The van der Waals surface area contributed by atoms with Crippen LogP contribution in [0.5, 0.6) is 5.75 Å². The van der Waals surface area contributed by atoms with E-state index in [0.717, 1.165) is 4.31 Å². The average Bonchev–Trinajstić information content (AvgIpc) is 2.93. The summed E-state index contributed by atoms with van der Waals surface area (Å²) in [6.45, 7) is 1.28. The van der Waals surface area contributed by atoms with E-state index in [9.17, 15) is 21.6 Å². The summed E-state index contributed by atoms with van der Waals surface area (Å²) in [6.07, 6.45) is 0. The van der Waals surface area contributed by atoms with Gasteiger partial charge in [0, 0.05) is 11.4 Å². The number of carbonyl (C=O) groups is 1. The molecule has 0 spiro atoms. The molecule has 0 aliphatic heterocycles. The maximum absolute atomic E-state index is 13.5. The van der Waals surface area contributed by atoms with Crippen LogP contribution in [0.2, 0.25) is 0 Å². The van der Waals surface area contributed by atoms with E-state index in [1.807, 2.05) is 0 Å². The SMILES string of the molecule is COc1ccc(NS(=O)(=O)c2ccc(NC(=O)CN(c3ccccc3C)S(=O)(=O)c3ccccc3)cc2)cc1. The highest BCUT2D eigenvalue weighted by Crippen LogP contribution is 2.27. The molecular formula is C28H27N3O6S2. The van der Waals surface area contributed by atoms with Crippen molar-refractivity contribution in [3.63, 3.8) is 0 Å². The van der Waals surface area contributed by atoms with E-state index in [2.05, 4.69) is 10.0 Å². The van der Waals surface area contributed by atoms with Crippen molar-refractivity contribution in [1.82, 2.24) is 0 Å². The molecule has 2 N–H and O–H groups in total. The van der Waals surface area contributed by atoms with Crippen LogP contribution in [0.4, 0.5) is 17.1 Å². The summed E-state index contributed by atoms with van der Waals surface area (Å²) < 4.78 is 61.1. The molecule has 1 amide bonds. The number of methoxy groups -OCH3 is 1. The number of sulfonamides is 2. The van der Waals surface area contributed by atoms with Crippen LogP contribution >= 0.6 is 0 Å². The van der Waals surface area contributed by atoms with Crippen molar-refractivity contribution in [2.24, 2.45) is 0 Å². The second kappa shape index (κ2) is 11.6. The van der Waals surface area contributed by atoms with Crippen LogP contribution in [0.25, 0.3) is 0 Å². The molecule has 9 nitrogen and oxygen atoms in total. The van der Waals surface area contributed by atoms with Gasteiger partial charge < -0.3 is 10.1 Å². The Kier molecular flexibility index (Phi) is 8.22. The predicted octanol–water partition coefficient (Wildman–Crippen LogP) is 4.64. The van der Waals surface area contributed by atoms with E-state index in [1.165, 1.54) is 43.5 Å². The molecule has 39 heavy (non-hydrogen) atoms. The average molecular weight is 566 g/mol. The fourth-order valence-electron chi connectivity index (χ4n) is 3.78. The van der Waals surface area contributed by atoms with Gasteiger partial charge in [0.25, 0.3) is 20.0 Å². The van der Waals surface area contributed by atoms with E-state index in [4.69, 9.17) is 4.74 Å². The fraction of sp³-hybridized carbons (Fsp3) is 0.107. The van der Waals surface area contributed by atoms with Crippen LogP contribution in [-0.2, 0) is 24.8 Å². The van der Waals surface area contributed by atoms with Gasteiger partial charge in [-0.3, -0.25) is 13.8 Å². The molecule has 11 heteroatoms. The number of rotatable bonds is 10. The highest BCUT2D eigenvalue weighted by molar-refractivity contribution is 7.93. The molecule has 4 aromatic carbocycles. The molecule has 202 valence electrons. The summed E-state index contributed by atoms with van der Waals surface area (Å²) in [4.78, 5) is 13.0. The Morgan fingerprint density at radius 1 is 0.744 bits per heavy atom. The Morgan fingerprint density at radius 2 is 1.33 bits per heavy atom. The molecule has 0 aliphatic carbocycles. The largest absolute Gasteiger partial charge is 0.497 e.